The van der Waals surface area contributed by atoms with E-state index in [9.17, 15) is 9.59 Å². The van der Waals surface area contributed by atoms with Crippen molar-refractivity contribution in [2.24, 2.45) is 5.92 Å². The Morgan fingerprint density at radius 2 is 1.97 bits per heavy atom. The average Bonchev–Trinajstić information content (AvgIpc) is 3.34. The van der Waals surface area contributed by atoms with Crippen molar-refractivity contribution in [2.45, 2.75) is 64.9 Å². The zero-order valence-electron chi connectivity index (χ0n) is 18.4. The summed E-state index contributed by atoms with van der Waals surface area (Å²) in [6.45, 7) is 6.84. The fraction of sp³-hybridized carbons (Fsp3) is 0.609. The molecule has 168 valence electrons. The van der Waals surface area contributed by atoms with Crippen LogP contribution in [0.5, 0.6) is 0 Å². The van der Waals surface area contributed by atoms with Crippen LogP contribution in [0.15, 0.2) is 18.3 Å². The Morgan fingerprint density at radius 1 is 1.26 bits per heavy atom. The fourth-order valence-electron chi connectivity index (χ4n) is 4.93. The molecule has 1 aliphatic carbocycles. The second-order valence-corrected chi connectivity index (χ2v) is 8.25. The minimum atomic E-state index is -0.427. The van der Waals surface area contributed by atoms with Gasteiger partial charge in [0.2, 0.25) is 0 Å². The van der Waals surface area contributed by atoms with Crippen molar-refractivity contribution in [3.8, 4) is 0 Å². The number of esters is 2. The Kier molecular flexibility index (Phi) is 6.29. The minimum absolute atomic E-state index is 0.00688. The maximum Gasteiger partial charge on any atom is 0.340 e. The van der Waals surface area contributed by atoms with Crippen LogP contribution < -0.4 is 0 Å². The molecule has 2 aromatic heterocycles. The van der Waals surface area contributed by atoms with Gasteiger partial charge in [0.15, 0.2) is 5.79 Å². The highest BCUT2D eigenvalue weighted by Gasteiger charge is 2.42. The summed E-state index contributed by atoms with van der Waals surface area (Å²) >= 11 is 0. The first kappa shape index (κ1) is 21.8. The van der Waals surface area contributed by atoms with E-state index < -0.39 is 17.7 Å². The SMILES string of the molecule is CCOC(=O)c1c(COC(C)=O)n([C@H](C)C2CCC3(CC2)OCCO3)c2ncccc12. The van der Waals surface area contributed by atoms with Gasteiger partial charge >= 0.3 is 11.9 Å². The zero-order valence-corrected chi connectivity index (χ0v) is 18.4. The summed E-state index contributed by atoms with van der Waals surface area (Å²) in [4.78, 5) is 29.0. The van der Waals surface area contributed by atoms with Gasteiger partial charge in [-0.05, 0) is 44.7 Å². The highest BCUT2D eigenvalue weighted by molar-refractivity contribution is 6.05. The van der Waals surface area contributed by atoms with Gasteiger partial charge in [0.1, 0.15) is 12.3 Å². The third kappa shape index (κ3) is 4.19. The van der Waals surface area contributed by atoms with Crippen molar-refractivity contribution in [3.05, 3.63) is 29.6 Å². The van der Waals surface area contributed by atoms with Gasteiger partial charge in [-0.3, -0.25) is 4.79 Å². The lowest BCUT2D eigenvalue weighted by Crippen LogP contribution is -2.37. The third-order valence-corrected chi connectivity index (χ3v) is 6.45. The van der Waals surface area contributed by atoms with E-state index in [1.54, 1.807) is 19.2 Å². The van der Waals surface area contributed by atoms with Crippen molar-refractivity contribution in [3.63, 3.8) is 0 Å². The van der Waals surface area contributed by atoms with Gasteiger partial charge in [-0.2, -0.15) is 0 Å². The molecule has 3 heterocycles. The molecule has 1 atom stereocenters. The molecule has 2 fully saturated rings. The molecule has 0 radical (unpaired) electrons. The topological polar surface area (TPSA) is 88.9 Å². The Bertz CT molecular complexity index is 952. The molecule has 0 bridgehead atoms. The summed E-state index contributed by atoms with van der Waals surface area (Å²) in [6, 6.07) is 3.71. The number of rotatable bonds is 6. The Hall–Kier alpha value is -2.45. The van der Waals surface area contributed by atoms with E-state index in [4.69, 9.17) is 18.9 Å². The monoisotopic (exact) mass is 430 g/mol. The molecule has 0 aromatic carbocycles. The number of ether oxygens (including phenoxy) is 4. The van der Waals surface area contributed by atoms with Crippen LogP contribution in [0, 0.1) is 5.92 Å². The standard InChI is InChI=1S/C23H30N2O6/c1-4-28-22(27)20-18-6-5-11-24-21(18)25(19(20)14-29-16(3)26)15(2)17-7-9-23(10-8-17)30-12-13-31-23/h5-6,11,15,17H,4,7-10,12-14H2,1-3H3/t15-/m1/s1. The predicted molar refractivity (Wildman–Crippen MR) is 112 cm³/mol. The van der Waals surface area contributed by atoms with Gasteiger partial charge in [-0.15, -0.1) is 0 Å². The molecule has 0 N–H and O–H groups in total. The molecule has 1 spiro atoms. The summed E-state index contributed by atoms with van der Waals surface area (Å²) in [7, 11) is 0. The molecule has 1 aliphatic heterocycles. The van der Waals surface area contributed by atoms with Crippen LogP contribution in [0.4, 0.5) is 0 Å². The van der Waals surface area contributed by atoms with Crippen molar-refractivity contribution in [1.82, 2.24) is 9.55 Å². The number of hydrogen-bond acceptors (Lipinski definition) is 7. The van der Waals surface area contributed by atoms with Crippen molar-refractivity contribution >= 4 is 23.0 Å². The molecule has 2 aromatic rings. The molecule has 8 heteroatoms. The lowest BCUT2D eigenvalue weighted by molar-refractivity contribution is -0.184. The van der Waals surface area contributed by atoms with Crippen molar-refractivity contribution in [1.29, 1.82) is 0 Å². The summed E-state index contributed by atoms with van der Waals surface area (Å²) in [5.41, 5.74) is 1.75. The molecular formula is C23H30N2O6. The number of carbonyl (C=O) groups excluding carboxylic acids is 2. The number of fused-ring (bicyclic) bond motifs is 1. The summed E-state index contributed by atoms with van der Waals surface area (Å²) in [6.07, 6.45) is 5.29. The van der Waals surface area contributed by atoms with Gasteiger partial charge < -0.3 is 23.5 Å². The molecule has 0 unspecified atom stereocenters. The van der Waals surface area contributed by atoms with Gasteiger partial charge in [0.25, 0.3) is 0 Å². The lowest BCUT2D eigenvalue weighted by Gasteiger charge is -2.38. The summed E-state index contributed by atoms with van der Waals surface area (Å²) < 4.78 is 24.5. The summed E-state index contributed by atoms with van der Waals surface area (Å²) in [5, 5.41) is 0.713. The van der Waals surface area contributed by atoms with Crippen LogP contribution in [0.3, 0.4) is 0 Å². The van der Waals surface area contributed by atoms with E-state index >= 15 is 0 Å². The van der Waals surface area contributed by atoms with Crippen LogP contribution >= 0.6 is 0 Å². The van der Waals surface area contributed by atoms with E-state index in [1.165, 1.54) is 6.92 Å². The van der Waals surface area contributed by atoms with E-state index in [-0.39, 0.29) is 19.3 Å². The molecule has 31 heavy (non-hydrogen) atoms. The molecule has 2 aliphatic rings. The van der Waals surface area contributed by atoms with Crippen LogP contribution in [0.25, 0.3) is 11.0 Å². The molecular weight excluding hydrogens is 400 g/mol. The fourth-order valence-corrected chi connectivity index (χ4v) is 4.93. The molecule has 1 saturated heterocycles. The maximum absolute atomic E-state index is 12.9. The quantitative estimate of drug-likeness (QED) is 0.645. The van der Waals surface area contributed by atoms with Gasteiger partial charge in [0, 0.05) is 37.4 Å². The number of hydrogen-bond donors (Lipinski definition) is 0. The van der Waals surface area contributed by atoms with Crippen LogP contribution in [0.1, 0.15) is 68.5 Å². The highest BCUT2D eigenvalue weighted by Crippen LogP contribution is 2.43. The summed E-state index contributed by atoms with van der Waals surface area (Å²) in [5.74, 6) is -0.905. The van der Waals surface area contributed by atoms with Crippen LogP contribution in [-0.2, 0) is 30.3 Å². The molecule has 8 nitrogen and oxygen atoms in total. The second kappa shape index (κ2) is 8.96. The molecule has 1 saturated carbocycles. The molecule has 4 rings (SSSR count). The van der Waals surface area contributed by atoms with Crippen molar-refractivity contribution in [2.75, 3.05) is 19.8 Å². The van der Waals surface area contributed by atoms with Gasteiger partial charge in [0.05, 0.1) is 31.1 Å². The minimum Gasteiger partial charge on any atom is -0.462 e. The van der Waals surface area contributed by atoms with E-state index in [2.05, 4.69) is 16.5 Å². The molecule has 0 amide bonds. The Morgan fingerprint density at radius 3 is 2.61 bits per heavy atom. The first-order valence-corrected chi connectivity index (χ1v) is 11.0. The first-order valence-electron chi connectivity index (χ1n) is 11.0. The van der Waals surface area contributed by atoms with Crippen LogP contribution in [0.2, 0.25) is 0 Å². The Balaban J connectivity index is 1.72. The Labute approximate surface area is 181 Å². The third-order valence-electron chi connectivity index (χ3n) is 6.45. The number of aromatic nitrogens is 2. The van der Waals surface area contributed by atoms with E-state index in [1.807, 2.05) is 6.07 Å². The lowest BCUT2D eigenvalue weighted by atomic mass is 9.81. The zero-order chi connectivity index (χ0) is 22.0. The van der Waals surface area contributed by atoms with E-state index in [0.29, 0.717) is 41.4 Å². The van der Waals surface area contributed by atoms with Crippen molar-refractivity contribution < 1.29 is 28.5 Å². The van der Waals surface area contributed by atoms with Crippen LogP contribution in [-0.4, -0.2) is 47.1 Å². The maximum atomic E-state index is 12.9. The van der Waals surface area contributed by atoms with Gasteiger partial charge in [-0.25, -0.2) is 9.78 Å². The number of carbonyl (C=O) groups is 2. The normalized spacial score (nSPS) is 19.6. The number of nitrogens with zero attached hydrogens (tertiary/aromatic N) is 2. The average molecular weight is 431 g/mol. The highest BCUT2D eigenvalue weighted by atomic mass is 16.7. The largest absolute Gasteiger partial charge is 0.462 e. The van der Waals surface area contributed by atoms with Gasteiger partial charge in [-0.1, -0.05) is 0 Å². The smallest absolute Gasteiger partial charge is 0.340 e. The predicted octanol–water partition coefficient (Wildman–Crippen LogP) is 3.77. The number of pyridine rings is 1. The first-order chi connectivity index (χ1) is 15.0. The second-order valence-electron chi connectivity index (χ2n) is 8.25. The van der Waals surface area contributed by atoms with E-state index in [0.717, 1.165) is 25.7 Å².